The number of hydrogen-bond acceptors (Lipinski definition) is 4. The molecule has 1 amide bonds. The van der Waals surface area contributed by atoms with Crippen molar-refractivity contribution in [3.8, 4) is 0 Å². The number of rotatable bonds is 4. The number of carbonyl (C=O) groups excluding carboxylic acids is 1. The van der Waals surface area contributed by atoms with Crippen molar-refractivity contribution in [1.82, 2.24) is 14.1 Å². The fourth-order valence-electron chi connectivity index (χ4n) is 3.82. The van der Waals surface area contributed by atoms with Crippen molar-refractivity contribution in [1.29, 1.82) is 0 Å². The van der Waals surface area contributed by atoms with Crippen molar-refractivity contribution < 1.29 is 18.0 Å². The zero-order chi connectivity index (χ0) is 22.3. The number of hydrogen-bond donors (Lipinski definition) is 1. The van der Waals surface area contributed by atoms with E-state index in [9.17, 15) is 27.6 Å². The molecule has 162 valence electrons. The molecular formula is C21H19F3N4O3. The Kier molecular flexibility index (Phi) is 5.16. The van der Waals surface area contributed by atoms with Crippen molar-refractivity contribution in [2.45, 2.75) is 38.4 Å². The lowest BCUT2D eigenvalue weighted by Crippen LogP contribution is -2.40. The summed E-state index contributed by atoms with van der Waals surface area (Å²) in [4.78, 5) is 41.0. The number of nitrogens with zero attached hydrogens (tertiary/aromatic N) is 3. The lowest BCUT2D eigenvalue weighted by molar-refractivity contribution is -0.141. The summed E-state index contributed by atoms with van der Waals surface area (Å²) in [6.07, 6.45) is -1.77. The van der Waals surface area contributed by atoms with Gasteiger partial charge in [0.2, 0.25) is 5.91 Å². The molecular weight excluding hydrogens is 413 g/mol. The number of anilines is 1. The van der Waals surface area contributed by atoms with E-state index in [1.54, 1.807) is 0 Å². The molecule has 7 nitrogen and oxygen atoms in total. The van der Waals surface area contributed by atoms with Gasteiger partial charge in [-0.15, -0.1) is 0 Å². The van der Waals surface area contributed by atoms with E-state index in [1.807, 2.05) is 18.2 Å². The smallest absolute Gasteiger partial charge is 0.326 e. The molecule has 3 aromatic rings. The highest BCUT2D eigenvalue weighted by Gasteiger charge is 2.33. The number of nitrogens with one attached hydrogen (secondary N) is 1. The van der Waals surface area contributed by atoms with Crippen molar-refractivity contribution >= 4 is 22.6 Å². The third-order valence-corrected chi connectivity index (χ3v) is 5.42. The lowest BCUT2D eigenvalue weighted by atomic mass is 10.1. The molecule has 0 spiro atoms. The number of benzene rings is 1. The molecule has 1 N–H and O–H groups in total. The Balaban J connectivity index is 1.56. The van der Waals surface area contributed by atoms with E-state index in [0.29, 0.717) is 11.8 Å². The van der Waals surface area contributed by atoms with Gasteiger partial charge < -0.3 is 5.32 Å². The first-order valence-electron chi connectivity index (χ1n) is 9.74. The highest BCUT2D eigenvalue weighted by Crippen LogP contribution is 2.28. The minimum Gasteiger partial charge on any atom is -0.326 e. The predicted molar refractivity (Wildman–Crippen MR) is 108 cm³/mol. The van der Waals surface area contributed by atoms with Crippen LogP contribution in [0.2, 0.25) is 0 Å². The van der Waals surface area contributed by atoms with E-state index in [4.69, 9.17) is 0 Å². The maximum Gasteiger partial charge on any atom is 0.433 e. The topological polar surface area (TPSA) is 86.0 Å². The second kappa shape index (κ2) is 7.68. The average Bonchev–Trinajstić information content (AvgIpc) is 3.19. The quantitative estimate of drug-likeness (QED) is 0.687. The Morgan fingerprint density at radius 2 is 1.87 bits per heavy atom. The standard InChI is InChI=1S/C21H19F3N4O3/c1-27-18-15(7-8-16(26-18)21(22,23)24)19(30)28(20(27)31)10-9-17(29)25-14-6-5-12-3-2-4-13(12)11-14/h5-8,11H,2-4,9-10H2,1H3,(H,25,29). The van der Waals surface area contributed by atoms with E-state index < -0.39 is 23.1 Å². The van der Waals surface area contributed by atoms with Gasteiger partial charge >= 0.3 is 11.9 Å². The minimum absolute atomic E-state index is 0.130. The molecule has 1 aliphatic rings. The number of aryl methyl sites for hydroxylation is 3. The summed E-state index contributed by atoms with van der Waals surface area (Å²) in [5.41, 5.74) is -0.0632. The summed E-state index contributed by atoms with van der Waals surface area (Å²) >= 11 is 0. The van der Waals surface area contributed by atoms with Gasteiger partial charge in [-0.05, 0) is 54.7 Å². The molecule has 1 aliphatic carbocycles. The van der Waals surface area contributed by atoms with Crippen LogP contribution in [0.4, 0.5) is 18.9 Å². The van der Waals surface area contributed by atoms with E-state index >= 15 is 0 Å². The molecule has 2 aromatic heterocycles. The number of carbonyl (C=O) groups is 1. The largest absolute Gasteiger partial charge is 0.433 e. The second-order valence-corrected chi connectivity index (χ2v) is 7.50. The predicted octanol–water partition coefficient (Wildman–Crippen LogP) is 2.63. The van der Waals surface area contributed by atoms with Gasteiger partial charge in [0.15, 0.2) is 0 Å². The summed E-state index contributed by atoms with van der Waals surface area (Å²) in [5, 5.41) is 2.63. The van der Waals surface area contributed by atoms with E-state index in [-0.39, 0.29) is 29.9 Å². The number of pyridine rings is 1. The average molecular weight is 432 g/mol. The first-order valence-corrected chi connectivity index (χ1v) is 9.74. The number of alkyl halides is 3. The zero-order valence-electron chi connectivity index (χ0n) is 16.6. The fourth-order valence-corrected chi connectivity index (χ4v) is 3.82. The number of aromatic nitrogens is 3. The SMILES string of the molecule is Cn1c(=O)n(CCC(=O)Nc2ccc3c(c2)CCC3)c(=O)c2ccc(C(F)(F)F)nc21. The van der Waals surface area contributed by atoms with Crippen molar-refractivity contribution in [3.63, 3.8) is 0 Å². The summed E-state index contributed by atoms with van der Waals surface area (Å²) in [6, 6.07) is 7.40. The van der Waals surface area contributed by atoms with Crippen LogP contribution in [0.3, 0.4) is 0 Å². The summed E-state index contributed by atoms with van der Waals surface area (Å²) in [7, 11) is 1.23. The minimum atomic E-state index is -4.70. The zero-order valence-corrected chi connectivity index (χ0v) is 16.6. The van der Waals surface area contributed by atoms with Gasteiger partial charge in [-0.1, -0.05) is 6.07 Å². The van der Waals surface area contributed by atoms with Crippen molar-refractivity contribution in [2.75, 3.05) is 5.32 Å². The number of halogens is 3. The number of amides is 1. The van der Waals surface area contributed by atoms with Crippen LogP contribution in [0.15, 0.2) is 39.9 Å². The molecule has 10 heteroatoms. The van der Waals surface area contributed by atoms with Gasteiger partial charge in [0.25, 0.3) is 5.56 Å². The maximum atomic E-state index is 12.9. The third-order valence-electron chi connectivity index (χ3n) is 5.42. The Morgan fingerprint density at radius 3 is 2.61 bits per heavy atom. The maximum absolute atomic E-state index is 12.9. The van der Waals surface area contributed by atoms with Crippen LogP contribution >= 0.6 is 0 Å². The van der Waals surface area contributed by atoms with Crippen LogP contribution in [-0.4, -0.2) is 20.0 Å². The normalized spacial score (nSPS) is 13.4. The third kappa shape index (κ3) is 3.97. The molecule has 0 unspecified atom stereocenters. The van der Waals surface area contributed by atoms with Crippen molar-refractivity contribution in [3.05, 3.63) is 68.0 Å². The molecule has 0 bridgehead atoms. The fraction of sp³-hybridized carbons (Fsp3) is 0.333. The molecule has 4 rings (SSSR count). The van der Waals surface area contributed by atoms with Crippen LogP contribution in [0.25, 0.3) is 11.0 Å². The first-order chi connectivity index (χ1) is 14.6. The van der Waals surface area contributed by atoms with Gasteiger partial charge in [0, 0.05) is 25.7 Å². The van der Waals surface area contributed by atoms with Gasteiger partial charge in [-0.25, -0.2) is 9.78 Å². The van der Waals surface area contributed by atoms with Crippen molar-refractivity contribution in [2.24, 2.45) is 7.05 Å². The van der Waals surface area contributed by atoms with Gasteiger partial charge in [-0.3, -0.25) is 18.7 Å². The Bertz CT molecular complexity index is 1310. The first kappa shape index (κ1) is 20.8. The number of fused-ring (bicyclic) bond motifs is 2. The van der Waals surface area contributed by atoms with Crippen LogP contribution in [-0.2, 0) is 37.4 Å². The molecule has 31 heavy (non-hydrogen) atoms. The lowest BCUT2D eigenvalue weighted by Gasteiger charge is -2.12. The highest BCUT2D eigenvalue weighted by molar-refractivity contribution is 5.90. The monoisotopic (exact) mass is 432 g/mol. The molecule has 0 atom stereocenters. The highest BCUT2D eigenvalue weighted by atomic mass is 19.4. The van der Waals surface area contributed by atoms with Crippen LogP contribution in [0.1, 0.15) is 29.7 Å². The van der Waals surface area contributed by atoms with Gasteiger partial charge in [0.05, 0.1) is 5.39 Å². The molecule has 1 aromatic carbocycles. The molecule has 0 saturated heterocycles. The van der Waals surface area contributed by atoms with E-state index in [2.05, 4.69) is 10.3 Å². The van der Waals surface area contributed by atoms with Crippen LogP contribution in [0, 0.1) is 0 Å². The Morgan fingerprint density at radius 1 is 1.13 bits per heavy atom. The molecule has 0 fully saturated rings. The van der Waals surface area contributed by atoms with Crippen LogP contribution < -0.4 is 16.6 Å². The summed E-state index contributed by atoms with van der Waals surface area (Å²) in [5.74, 6) is -0.377. The van der Waals surface area contributed by atoms with E-state index in [0.717, 1.165) is 34.5 Å². The Hall–Kier alpha value is -3.43. The van der Waals surface area contributed by atoms with Gasteiger partial charge in [-0.2, -0.15) is 13.2 Å². The van der Waals surface area contributed by atoms with Gasteiger partial charge in [0.1, 0.15) is 11.3 Å². The Labute approximate surface area is 174 Å². The second-order valence-electron chi connectivity index (χ2n) is 7.50. The van der Waals surface area contributed by atoms with E-state index in [1.165, 1.54) is 18.2 Å². The molecule has 0 radical (unpaired) electrons. The molecule has 2 heterocycles. The molecule has 0 aliphatic heterocycles. The summed E-state index contributed by atoms with van der Waals surface area (Å²) < 4.78 is 40.4. The molecule has 0 saturated carbocycles. The summed E-state index contributed by atoms with van der Waals surface area (Å²) in [6.45, 7) is -0.209. The van der Waals surface area contributed by atoms with Crippen LogP contribution in [0.5, 0.6) is 0 Å².